The van der Waals surface area contributed by atoms with Gasteiger partial charge in [0.15, 0.2) is 11.4 Å². The molecule has 8 rings (SSSR count). The number of amides is 4. The third-order valence-electron chi connectivity index (χ3n) is 14.6. The number of nitrogens with one attached hydrogen (secondary N) is 3. The molecule has 2 aromatic carbocycles. The Labute approximate surface area is 442 Å². The number of likely N-dealkylation sites (N-methyl/N-ethyl adjacent to an activating group) is 2. The van der Waals surface area contributed by atoms with E-state index in [1.165, 1.54) is 42.2 Å². The normalized spacial score (nSPS) is 21.3. The smallest absolute Gasteiger partial charge is 0.259 e. The zero-order chi connectivity index (χ0) is 53.2. The van der Waals surface area contributed by atoms with Crippen molar-refractivity contribution in [2.24, 2.45) is 10.9 Å². The van der Waals surface area contributed by atoms with Crippen molar-refractivity contribution in [3.8, 4) is 5.75 Å². The molecule has 2 bridgehead atoms. The van der Waals surface area contributed by atoms with E-state index >= 15 is 0 Å². The second-order valence-corrected chi connectivity index (χ2v) is 21.1. The van der Waals surface area contributed by atoms with Crippen molar-refractivity contribution in [3.63, 3.8) is 0 Å². The number of halogens is 1. The topological polar surface area (TPSA) is 205 Å². The van der Waals surface area contributed by atoms with Gasteiger partial charge in [0.05, 0.1) is 68.8 Å². The zero-order valence-electron chi connectivity index (χ0n) is 44.0. The van der Waals surface area contributed by atoms with Crippen LogP contribution in [-0.4, -0.2) is 191 Å². The molecule has 21 heteroatoms. The predicted molar refractivity (Wildman–Crippen MR) is 285 cm³/mol. The fourth-order valence-electron chi connectivity index (χ4n) is 10.1. The number of aryl methyl sites for hydroxylation is 1. The van der Waals surface area contributed by atoms with E-state index in [1.807, 2.05) is 43.9 Å². The number of nitrogens with zero attached hydrogens (tertiary/aromatic N) is 8. The first kappa shape index (κ1) is 55.2. The third-order valence-corrected chi connectivity index (χ3v) is 15.8. The van der Waals surface area contributed by atoms with E-state index in [-0.39, 0.29) is 79.6 Å². The molecule has 0 spiro atoms. The number of rotatable bonds is 20. The summed E-state index contributed by atoms with van der Waals surface area (Å²) in [5.74, 6) is 0.417. The van der Waals surface area contributed by atoms with E-state index in [0.29, 0.717) is 80.6 Å². The Morgan fingerprint density at radius 2 is 1.75 bits per heavy atom. The maximum absolute atomic E-state index is 14.5. The summed E-state index contributed by atoms with van der Waals surface area (Å²) in [7, 11) is 3.44. The molecule has 0 aliphatic carbocycles. The van der Waals surface area contributed by atoms with Crippen LogP contribution >= 0.6 is 11.8 Å². The summed E-state index contributed by atoms with van der Waals surface area (Å²) < 4.78 is 33.3. The molecule has 2 aromatic heterocycles. The summed E-state index contributed by atoms with van der Waals surface area (Å²) in [6, 6.07) is 11.2. The van der Waals surface area contributed by atoms with Gasteiger partial charge in [-0.25, -0.2) is 13.9 Å². The van der Waals surface area contributed by atoms with E-state index in [2.05, 4.69) is 32.0 Å². The Morgan fingerprint density at radius 3 is 2.51 bits per heavy atom. The van der Waals surface area contributed by atoms with Gasteiger partial charge in [-0.3, -0.25) is 29.0 Å². The maximum Gasteiger partial charge on any atom is 0.259 e. The Hall–Kier alpha value is -6.00. The van der Waals surface area contributed by atoms with Gasteiger partial charge in [-0.2, -0.15) is 5.10 Å². The third kappa shape index (κ3) is 13.9. The minimum Gasteiger partial charge on any atom is -0.489 e. The number of ketones is 1. The number of carbonyl (C=O) groups is 5. The summed E-state index contributed by atoms with van der Waals surface area (Å²) >= 11 is 1.49. The molecule has 4 amide bonds. The van der Waals surface area contributed by atoms with Gasteiger partial charge < -0.3 is 49.8 Å². The lowest BCUT2D eigenvalue weighted by molar-refractivity contribution is -0.138. The molecule has 2 fully saturated rings. The molecule has 0 saturated carbocycles. The molecule has 6 atom stereocenters. The number of carbonyl (C=O) groups excluding carboxylic acids is 5. The Bertz CT molecular complexity index is 2680. The summed E-state index contributed by atoms with van der Waals surface area (Å²) in [5.41, 5.74) is 3.28. The quantitative estimate of drug-likeness (QED) is 0.0816. The molecule has 4 aliphatic rings. The minimum atomic E-state index is -0.706. The Balaban J connectivity index is 0.757. The zero-order valence-corrected chi connectivity index (χ0v) is 44.8. The molecule has 19 nitrogen and oxygen atoms in total. The number of thioether (sulfide) groups is 1. The van der Waals surface area contributed by atoms with Crippen molar-refractivity contribution < 1.29 is 42.6 Å². The largest absolute Gasteiger partial charge is 0.489 e. The minimum absolute atomic E-state index is 0.0714. The van der Waals surface area contributed by atoms with Gasteiger partial charge in [0.25, 0.3) is 5.91 Å². The van der Waals surface area contributed by atoms with Crippen LogP contribution < -0.4 is 20.7 Å². The average Bonchev–Trinajstić information content (AvgIpc) is 4.21. The summed E-state index contributed by atoms with van der Waals surface area (Å²) in [4.78, 5) is 85.4. The van der Waals surface area contributed by atoms with Crippen molar-refractivity contribution in [1.82, 2.24) is 44.8 Å². The number of likely N-dealkylation sites (tertiary alicyclic amines) is 2. The first-order chi connectivity index (χ1) is 36.2. The maximum atomic E-state index is 14.5. The predicted octanol–water partition coefficient (Wildman–Crippen LogP) is 4.65. The number of hydrogen-bond donors (Lipinski definition) is 3. The van der Waals surface area contributed by atoms with Crippen molar-refractivity contribution in [2.45, 2.75) is 96.1 Å². The molecule has 75 heavy (non-hydrogen) atoms. The Morgan fingerprint density at radius 1 is 0.987 bits per heavy atom. The molecule has 4 aliphatic heterocycles. The lowest BCUT2D eigenvalue weighted by Gasteiger charge is -2.38. The molecule has 2 saturated heterocycles. The molecule has 1 unspecified atom stereocenters. The number of aromatic nitrogens is 3. The number of Topliss-reactive ketones (excluding diaryl/α,β-unsaturated/α-hetero) is 1. The molecular formula is C54H72FN11O8S. The van der Waals surface area contributed by atoms with Crippen LogP contribution in [-0.2, 0) is 23.9 Å². The van der Waals surface area contributed by atoms with Crippen molar-refractivity contribution in [1.29, 1.82) is 0 Å². The lowest BCUT2D eigenvalue weighted by atomic mass is 9.88. The molecular weight excluding hydrogens is 982 g/mol. The summed E-state index contributed by atoms with van der Waals surface area (Å²) in [6.45, 7) is 12.7. The first-order valence-corrected chi connectivity index (χ1v) is 27.2. The monoisotopic (exact) mass is 1050 g/mol. The number of aliphatic imine (C=N–C) groups is 1. The Kier molecular flexibility index (Phi) is 18.9. The standard InChI is InChI=1S/C54H72FN11O8S/c1-34-9-14-45-41(30-34)36(3)58-46-17-22-66-50(60-46)42(31-57-66)53(70)64(32-35(2)74-45)24-23-62(6)47(67)18-26-72-28-29-73-27-25-63-20-15-38(16-21-63)48(61-51(69)37(4)56-5)54(71)65-19-7-8-44(65)52-59-43(33-75-52)49(68)39-10-12-40(55)13-11-39/h9-14,17,22,30-31,35-38,43-44,48,56H,7-8,15-16,18-21,23-29,32-33H2,1-6H3,(H,58,60)(H,61,69)/t35-,36+,37-,43?,44-,48-/m0/s1. The van der Waals surface area contributed by atoms with Gasteiger partial charge in [0.1, 0.15) is 41.1 Å². The summed E-state index contributed by atoms with van der Waals surface area (Å²) in [6.07, 6.45) is 6.06. The van der Waals surface area contributed by atoms with Crippen LogP contribution in [0.1, 0.15) is 90.8 Å². The van der Waals surface area contributed by atoms with Crippen LogP contribution in [0.4, 0.5) is 10.2 Å². The van der Waals surface area contributed by atoms with Gasteiger partial charge in [0, 0.05) is 56.3 Å². The van der Waals surface area contributed by atoms with Crippen molar-refractivity contribution in [3.05, 3.63) is 89.0 Å². The van der Waals surface area contributed by atoms with Gasteiger partial charge in [-0.1, -0.05) is 17.7 Å². The van der Waals surface area contributed by atoms with Crippen molar-refractivity contribution >= 4 is 57.7 Å². The number of piperidine rings is 1. The fourth-order valence-corrected chi connectivity index (χ4v) is 11.3. The van der Waals surface area contributed by atoms with Crippen LogP contribution in [0.15, 0.2) is 65.9 Å². The second kappa shape index (κ2) is 25.7. The van der Waals surface area contributed by atoms with Crippen LogP contribution in [0.3, 0.4) is 0 Å². The van der Waals surface area contributed by atoms with E-state index in [0.717, 1.165) is 47.9 Å². The van der Waals surface area contributed by atoms with Crippen molar-refractivity contribution in [2.75, 3.05) is 97.4 Å². The fraction of sp³-hybridized carbons (Fsp3) is 0.556. The van der Waals surface area contributed by atoms with Gasteiger partial charge >= 0.3 is 0 Å². The SMILES string of the molecule is CN[C@@H](C)C(=O)N[C@H](C(=O)N1CCC[C@H]1C1=NC(C(=O)c2ccc(F)cc2)CS1)C1CCN(CCOCCOCCC(=O)N(C)CCN2C[C@H](C)Oc3ccc(C)cc3[C@@H](C)Nc3ccn4ncc(c4n3)C2=O)CC1. The number of anilines is 1. The highest BCUT2D eigenvalue weighted by atomic mass is 32.2. The molecule has 6 heterocycles. The van der Waals surface area contributed by atoms with Crippen LogP contribution in [0.5, 0.6) is 5.75 Å². The van der Waals surface area contributed by atoms with Crippen LogP contribution in [0.2, 0.25) is 0 Å². The second-order valence-electron chi connectivity index (χ2n) is 20.0. The highest BCUT2D eigenvalue weighted by molar-refractivity contribution is 8.14. The van der Waals surface area contributed by atoms with E-state index in [1.54, 1.807) is 41.5 Å². The van der Waals surface area contributed by atoms with E-state index in [9.17, 15) is 28.4 Å². The molecule has 0 radical (unpaired) electrons. The molecule has 404 valence electrons. The molecule has 3 N–H and O–H groups in total. The number of benzene rings is 2. The average molecular weight is 1050 g/mol. The number of hydrogen-bond acceptors (Lipinski definition) is 15. The molecule has 4 aromatic rings. The van der Waals surface area contributed by atoms with E-state index in [4.69, 9.17) is 24.2 Å². The van der Waals surface area contributed by atoms with Crippen LogP contribution in [0, 0.1) is 18.7 Å². The number of fused-ring (bicyclic) bond motifs is 2. The van der Waals surface area contributed by atoms with Gasteiger partial charge in [0.2, 0.25) is 17.7 Å². The number of ether oxygens (including phenoxy) is 3. The van der Waals surface area contributed by atoms with Gasteiger partial charge in [-0.05, 0) is 116 Å². The highest BCUT2D eigenvalue weighted by Gasteiger charge is 2.42. The van der Waals surface area contributed by atoms with E-state index < -0.39 is 23.9 Å². The van der Waals surface area contributed by atoms with Crippen LogP contribution in [0.25, 0.3) is 5.65 Å². The van der Waals surface area contributed by atoms with Gasteiger partial charge in [-0.15, -0.1) is 11.8 Å². The lowest BCUT2D eigenvalue weighted by Crippen LogP contribution is -2.58. The highest BCUT2D eigenvalue weighted by Crippen LogP contribution is 2.33. The summed E-state index contributed by atoms with van der Waals surface area (Å²) in [5, 5.41) is 14.7. The first-order valence-electron chi connectivity index (χ1n) is 26.2.